The molecule has 0 aliphatic heterocycles. The summed E-state index contributed by atoms with van der Waals surface area (Å²) in [4.78, 5) is 8.16. The van der Waals surface area contributed by atoms with Gasteiger partial charge >= 0.3 is 0 Å². The van der Waals surface area contributed by atoms with Gasteiger partial charge in [-0.15, -0.1) is 11.8 Å². The molecular formula is C10H9Cl2N3S2. The highest BCUT2D eigenvalue weighted by molar-refractivity contribution is 8.00. The molecular weight excluding hydrogens is 297 g/mol. The zero-order chi connectivity index (χ0) is 12.4. The first-order valence-electron chi connectivity index (χ1n) is 4.73. The molecule has 0 spiro atoms. The highest BCUT2D eigenvalue weighted by Gasteiger charge is 2.08. The molecule has 0 aromatic carbocycles. The molecule has 0 radical (unpaired) electrons. The maximum atomic E-state index is 5.99. The Balaban J connectivity index is 2.10. The van der Waals surface area contributed by atoms with Crippen LogP contribution < -0.4 is 5.73 Å². The van der Waals surface area contributed by atoms with Gasteiger partial charge in [0.25, 0.3) is 0 Å². The summed E-state index contributed by atoms with van der Waals surface area (Å²) < 4.78 is 1.11. The summed E-state index contributed by atoms with van der Waals surface area (Å²) in [5, 5.41) is 1.44. The third-order valence-corrected chi connectivity index (χ3v) is 4.96. The summed E-state index contributed by atoms with van der Waals surface area (Å²) in [5.74, 6) is 0.728. The zero-order valence-corrected chi connectivity index (χ0v) is 12.1. The minimum atomic E-state index is 0.405. The van der Waals surface area contributed by atoms with Crippen molar-refractivity contribution in [2.24, 2.45) is 0 Å². The summed E-state index contributed by atoms with van der Waals surface area (Å²) in [7, 11) is 0. The van der Waals surface area contributed by atoms with Crippen LogP contribution in [0.25, 0.3) is 0 Å². The van der Waals surface area contributed by atoms with E-state index in [2.05, 4.69) is 9.97 Å². The fraction of sp³-hybridized carbons (Fsp3) is 0.200. The summed E-state index contributed by atoms with van der Waals surface area (Å²) >= 11 is 14.9. The second kappa shape index (κ2) is 5.44. The van der Waals surface area contributed by atoms with Gasteiger partial charge in [-0.1, -0.05) is 40.6 Å². The molecule has 0 aliphatic rings. The lowest BCUT2D eigenvalue weighted by atomic mass is 10.3. The van der Waals surface area contributed by atoms with Crippen molar-refractivity contribution < 1.29 is 0 Å². The van der Waals surface area contributed by atoms with Crippen molar-refractivity contribution in [3.05, 3.63) is 33.7 Å². The van der Waals surface area contributed by atoms with Crippen molar-refractivity contribution in [2.75, 3.05) is 5.73 Å². The highest BCUT2D eigenvalue weighted by Crippen LogP contribution is 2.34. The van der Waals surface area contributed by atoms with Gasteiger partial charge in [-0.3, -0.25) is 0 Å². The molecule has 2 aromatic rings. The highest BCUT2D eigenvalue weighted by atomic mass is 35.5. The average molecular weight is 306 g/mol. The number of anilines is 1. The number of thioether (sulfide) groups is 1. The number of thiazole rings is 1. The van der Waals surface area contributed by atoms with Crippen molar-refractivity contribution in [1.82, 2.24) is 9.97 Å². The number of aryl methyl sites for hydroxylation is 1. The van der Waals surface area contributed by atoms with Gasteiger partial charge in [-0.25, -0.2) is 9.97 Å². The lowest BCUT2D eigenvalue weighted by Crippen LogP contribution is -1.86. The van der Waals surface area contributed by atoms with Crippen LogP contribution in [0.3, 0.4) is 0 Å². The standard InChI is InChI=1S/C10H9Cl2N3S2/c1-5-9(17-10(13)14-5)16-4-6-2-3-7(11)15-8(6)12/h2-3H,4H2,1H3,(H2,13,14). The van der Waals surface area contributed by atoms with Crippen LogP contribution in [0.1, 0.15) is 11.3 Å². The second-order valence-electron chi connectivity index (χ2n) is 3.30. The van der Waals surface area contributed by atoms with Gasteiger partial charge in [0, 0.05) is 5.75 Å². The number of rotatable bonds is 3. The third-order valence-electron chi connectivity index (χ3n) is 2.02. The van der Waals surface area contributed by atoms with E-state index >= 15 is 0 Å². The van der Waals surface area contributed by atoms with E-state index in [1.54, 1.807) is 17.8 Å². The molecule has 2 rings (SSSR count). The van der Waals surface area contributed by atoms with E-state index in [1.165, 1.54) is 11.3 Å². The van der Waals surface area contributed by atoms with Crippen molar-refractivity contribution in [2.45, 2.75) is 16.9 Å². The van der Waals surface area contributed by atoms with Crippen LogP contribution in [-0.4, -0.2) is 9.97 Å². The Morgan fingerprint density at radius 1 is 1.35 bits per heavy atom. The van der Waals surface area contributed by atoms with Gasteiger partial charge in [0.15, 0.2) is 5.13 Å². The smallest absolute Gasteiger partial charge is 0.181 e. The Kier molecular flexibility index (Phi) is 4.14. The summed E-state index contributed by atoms with van der Waals surface area (Å²) in [6, 6.07) is 3.61. The summed E-state index contributed by atoms with van der Waals surface area (Å²) in [6.45, 7) is 1.94. The topological polar surface area (TPSA) is 51.8 Å². The molecule has 17 heavy (non-hydrogen) atoms. The maximum Gasteiger partial charge on any atom is 0.181 e. The van der Waals surface area contributed by atoms with Crippen LogP contribution in [0, 0.1) is 6.92 Å². The van der Waals surface area contributed by atoms with Crippen molar-refractivity contribution in [3.63, 3.8) is 0 Å². The fourth-order valence-corrected chi connectivity index (χ4v) is 3.73. The fourth-order valence-electron chi connectivity index (χ4n) is 1.23. The molecule has 7 heteroatoms. The molecule has 3 nitrogen and oxygen atoms in total. The number of hydrogen-bond donors (Lipinski definition) is 1. The minimum absolute atomic E-state index is 0.405. The van der Waals surface area contributed by atoms with E-state index in [9.17, 15) is 0 Å². The first-order chi connectivity index (χ1) is 8.06. The molecule has 90 valence electrons. The second-order valence-corrected chi connectivity index (χ2v) is 6.32. The number of nitrogen functional groups attached to an aromatic ring is 1. The third kappa shape index (κ3) is 3.25. The normalized spacial score (nSPS) is 10.8. The molecule has 0 saturated heterocycles. The van der Waals surface area contributed by atoms with Crippen LogP contribution in [0.2, 0.25) is 10.3 Å². The lowest BCUT2D eigenvalue weighted by Gasteiger charge is -2.02. The Bertz CT molecular complexity index is 542. The summed E-state index contributed by atoms with van der Waals surface area (Å²) in [6.07, 6.45) is 0. The molecule has 2 heterocycles. The van der Waals surface area contributed by atoms with Crippen molar-refractivity contribution >= 4 is 51.4 Å². The average Bonchev–Trinajstić information content (AvgIpc) is 2.56. The van der Waals surface area contributed by atoms with Gasteiger partial charge in [0.05, 0.1) is 9.90 Å². The first kappa shape index (κ1) is 13.0. The lowest BCUT2D eigenvalue weighted by molar-refractivity contribution is 1.21. The number of pyridine rings is 1. The Labute approximate surface area is 117 Å². The quantitative estimate of drug-likeness (QED) is 0.687. The van der Waals surface area contributed by atoms with Gasteiger partial charge in [-0.05, 0) is 18.6 Å². The van der Waals surface area contributed by atoms with E-state index in [0.717, 1.165) is 21.2 Å². The minimum Gasteiger partial charge on any atom is -0.375 e. The molecule has 0 bridgehead atoms. The van der Waals surface area contributed by atoms with Crippen molar-refractivity contribution in [1.29, 1.82) is 0 Å². The zero-order valence-electron chi connectivity index (χ0n) is 8.91. The monoisotopic (exact) mass is 305 g/mol. The largest absolute Gasteiger partial charge is 0.375 e. The predicted molar refractivity (Wildman–Crippen MR) is 75.1 cm³/mol. The Hall–Kier alpha value is -0.490. The van der Waals surface area contributed by atoms with Crippen LogP contribution in [-0.2, 0) is 5.75 Å². The maximum absolute atomic E-state index is 5.99. The first-order valence-corrected chi connectivity index (χ1v) is 7.28. The van der Waals surface area contributed by atoms with Crippen LogP contribution in [0.4, 0.5) is 5.13 Å². The SMILES string of the molecule is Cc1nc(N)sc1SCc1ccc(Cl)nc1Cl. The van der Waals surface area contributed by atoms with E-state index in [1.807, 2.05) is 13.0 Å². The molecule has 0 atom stereocenters. The number of hydrogen-bond acceptors (Lipinski definition) is 5. The van der Waals surface area contributed by atoms with Crippen LogP contribution in [0.15, 0.2) is 16.3 Å². The van der Waals surface area contributed by atoms with Gasteiger partial charge in [0.1, 0.15) is 10.3 Å². The molecule has 0 fully saturated rings. The van der Waals surface area contributed by atoms with Crippen molar-refractivity contribution in [3.8, 4) is 0 Å². The Morgan fingerprint density at radius 3 is 2.71 bits per heavy atom. The molecule has 2 aromatic heterocycles. The van der Waals surface area contributed by atoms with Crippen LogP contribution in [0.5, 0.6) is 0 Å². The predicted octanol–water partition coefficient (Wildman–Crippen LogP) is 4.03. The van der Waals surface area contributed by atoms with Gasteiger partial charge in [0.2, 0.25) is 0 Å². The van der Waals surface area contributed by atoms with E-state index in [0.29, 0.717) is 15.4 Å². The Morgan fingerprint density at radius 2 is 2.12 bits per heavy atom. The van der Waals surface area contributed by atoms with E-state index in [4.69, 9.17) is 28.9 Å². The van der Waals surface area contributed by atoms with E-state index < -0.39 is 0 Å². The number of aromatic nitrogens is 2. The number of nitrogens with two attached hydrogens (primary N) is 1. The van der Waals surface area contributed by atoms with Gasteiger partial charge < -0.3 is 5.73 Å². The van der Waals surface area contributed by atoms with E-state index in [-0.39, 0.29) is 0 Å². The van der Waals surface area contributed by atoms with Crippen LogP contribution >= 0.6 is 46.3 Å². The molecule has 2 N–H and O–H groups in total. The molecule has 0 saturated carbocycles. The number of halogens is 2. The summed E-state index contributed by atoms with van der Waals surface area (Å²) in [5.41, 5.74) is 7.54. The molecule has 0 unspecified atom stereocenters. The van der Waals surface area contributed by atoms with Gasteiger partial charge in [-0.2, -0.15) is 0 Å². The molecule has 0 amide bonds. The number of nitrogens with zero attached hydrogens (tertiary/aromatic N) is 2. The molecule has 0 aliphatic carbocycles.